The Morgan fingerprint density at radius 1 is 1.30 bits per heavy atom. The van der Waals surface area contributed by atoms with Crippen LogP contribution in [0.2, 0.25) is 0 Å². The van der Waals surface area contributed by atoms with Gasteiger partial charge in [-0.15, -0.1) is 0 Å². The van der Waals surface area contributed by atoms with Crippen molar-refractivity contribution in [1.82, 2.24) is 15.1 Å². The number of carbonyl (C=O) groups is 1. The fourth-order valence-corrected chi connectivity index (χ4v) is 3.10. The van der Waals surface area contributed by atoms with Gasteiger partial charge in [-0.05, 0) is 20.8 Å². The summed E-state index contributed by atoms with van der Waals surface area (Å²) in [5.74, 6) is 1.08. The minimum Gasteiger partial charge on any atom is -0.444 e. The third-order valence-electron chi connectivity index (χ3n) is 3.99. The fourth-order valence-electron chi connectivity index (χ4n) is 3.10. The number of aromatic amines is 1. The quantitative estimate of drug-likeness (QED) is 0.849. The Morgan fingerprint density at radius 3 is 2.45 bits per heavy atom. The minimum atomic E-state index is -0.419. The summed E-state index contributed by atoms with van der Waals surface area (Å²) in [6, 6.07) is 0. The molecule has 110 valence electrons. The zero-order chi connectivity index (χ0) is 14.3. The highest BCUT2D eigenvalue weighted by Crippen LogP contribution is 2.34. The van der Waals surface area contributed by atoms with Gasteiger partial charge in [-0.2, -0.15) is 5.10 Å². The molecule has 6 heteroatoms. The summed E-state index contributed by atoms with van der Waals surface area (Å²) in [6.07, 6.45) is 3.60. The second-order valence-corrected chi connectivity index (χ2v) is 6.77. The highest BCUT2D eigenvalue weighted by molar-refractivity contribution is 5.68. The summed E-state index contributed by atoms with van der Waals surface area (Å²) in [6.45, 7) is 9.29. The van der Waals surface area contributed by atoms with Crippen LogP contribution in [-0.4, -0.2) is 53.0 Å². The van der Waals surface area contributed by atoms with E-state index in [-0.39, 0.29) is 6.09 Å². The predicted octanol–water partition coefficient (Wildman–Crippen LogP) is 1.71. The van der Waals surface area contributed by atoms with Crippen LogP contribution < -0.4 is 4.90 Å². The van der Waals surface area contributed by atoms with Crippen LogP contribution in [0.15, 0.2) is 12.4 Å². The zero-order valence-corrected chi connectivity index (χ0v) is 12.3. The molecule has 0 saturated carbocycles. The first-order chi connectivity index (χ1) is 9.42. The molecule has 2 unspecified atom stereocenters. The first-order valence-corrected chi connectivity index (χ1v) is 7.14. The van der Waals surface area contributed by atoms with Crippen molar-refractivity contribution < 1.29 is 9.53 Å². The average molecular weight is 278 g/mol. The molecule has 2 aliphatic heterocycles. The van der Waals surface area contributed by atoms with Crippen LogP contribution in [0.4, 0.5) is 10.5 Å². The molecule has 1 amide bonds. The van der Waals surface area contributed by atoms with Gasteiger partial charge in [0, 0.05) is 44.2 Å². The van der Waals surface area contributed by atoms with Gasteiger partial charge in [0.05, 0.1) is 11.9 Å². The van der Waals surface area contributed by atoms with Crippen LogP contribution in [0, 0.1) is 11.8 Å². The number of likely N-dealkylation sites (tertiary alicyclic amines) is 1. The van der Waals surface area contributed by atoms with E-state index in [1.807, 2.05) is 38.1 Å². The van der Waals surface area contributed by atoms with Crippen molar-refractivity contribution >= 4 is 11.8 Å². The van der Waals surface area contributed by atoms with E-state index < -0.39 is 5.60 Å². The Labute approximate surface area is 119 Å². The Morgan fingerprint density at radius 2 is 1.95 bits per heavy atom. The highest BCUT2D eigenvalue weighted by atomic mass is 16.6. The number of anilines is 1. The number of rotatable bonds is 1. The molecule has 2 fully saturated rings. The number of hydrogen-bond acceptors (Lipinski definition) is 4. The molecule has 1 N–H and O–H groups in total. The topological polar surface area (TPSA) is 61.5 Å². The summed E-state index contributed by atoms with van der Waals surface area (Å²) in [4.78, 5) is 16.3. The third-order valence-corrected chi connectivity index (χ3v) is 3.99. The maximum atomic E-state index is 12.1. The van der Waals surface area contributed by atoms with Crippen molar-refractivity contribution in [3.63, 3.8) is 0 Å². The summed E-state index contributed by atoms with van der Waals surface area (Å²) in [5.41, 5.74) is 0.723. The molecule has 0 bridgehead atoms. The minimum absolute atomic E-state index is 0.179. The lowest BCUT2D eigenvalue weighted by Gasteiger charge is -2.26. The number of nitrogens with zero attached hydrogens (tertiary/aromatic N) is 3. The van der Waals surface area contributed by atoms with E-state index in [0.717, 1.165) is 31.9 Å². The van der Waals surface area contributed by atoms with Gasteiger partial charge in [-0.3, -0.25) is 5.10 Å². The standard InChI is InChI=1S/C14H22N4O2/c1-14(2,3)20-13(19)18-8-10-6-17(7-11(10)9-18)12-4-15-16-5-12/h4-5,10-11H,6-9H2,1-3H3,(H,15,16). The molecule has 2 atom stereocenters. The number of aromatic nitrogens is 2. The Bertz CT molecular complexity index is 466. The molecule has 20 heavy (non-hydrogen) atoms. The highest BCUT2D eigenvalue weighted by Gasteiger charge is 2.42. The van der Waals surface area contributed by atoms with Gasteiger partial charge in [0.1, 0.15) is 5.60 Å². The Hall–Kier alpha value is -1.72. The normalized spacial score (nSPS) is 25.9. The molecule has 6 nitrogen and oxygen atoms in total. The van der Waals surface area contributed by atoms with Gasteiger partial charge < -0.3 is 14.5 Å². The van der Waals surface area contributed by atoms with Crippen LogP contribution >= 0.6 is 0 Å². The smallest absolute Gasteiger partial charge is 0.410 e. The lowest BCUT2D eigenvalue weighted by atomic mass is 10.0. The third kappa shape index (κ3) is 2.59. The van der Waals surface area contributed by atoms with Gasteiger partial charge in [0.25, 0.3) is 0 Å². The molecule has 2 saturated heterocycles. The van der Waals surface area contributed by atoms with Crippen LogP contribution in [0.1, 0.15) is 20.8 Å². The molecule has 1 aromatic heterocycles. The van der Waals surface area contributed by atoms with Crippen LogP contribution in [-0.2, 0) is 4.74 Å². The monoisotopic (exact) mass is 278 g/mol. The van der Waals surface area contributed by atoms with E-state index in [2.05, 4.69) is 15.1 Å². The maximum absolute atomic E-state index is 12.1. The van der Waals surface area contributed by atoms with Crippen LogP contribution in [0.3, 0.4) is 0 Å². The van der Waals surface area contributed by atoms with Crippen molar-refractivity contribution in [2.45, 2.75) is 26.4 Å². The molecule has 3 heterocycles. The zero-order valence-electron chi connectivity index (χ0n) is 12.3. The number of fused-ring (bicyclic) bond motifs is 1. The fraction of sp³-hybridized carbons (Fsp3) is 0.714. The summed E-state index contributed by atoms with van der Waals surface area (Å²) in [7, 11) is 0. The van der Waals surface area contributed by atoms with E-state index in [0.29, 0.717) is 11.8 Å². The second-order valence-electron chi connectivity index (χ2n) is 6.77. The van der Waals surface area contributed by atoms with E-state index in [1.165, 1.54) is 0 Å². The van der Waals surface area contributed by atoms with Crippen LogP contribution in [0.25, 0.3) is 0 Å². The van der Waals surface area contributed by atoms with Gasteiger partial charge in [-0.1, -0.05) is 0 Å². The molecule has 3 rings (SSSR count). The molecule has 2 aliphatic rings. The molecule has 0 aliphatic carbocycles. The SMILES string of the molecule is CC(C)(C)OC(=O)N1CC2CN(c3cn[nH]c3)CC2C1. The molecule has 0 radical (unpaired) electrons. The van der Waals surface area contributed by atoms with Gasteiger partial charge in [0.2, 0.25) is 0 Å². The summed E-state index contributed by atoms with van der Waals surface area (Å²) in [5, 5.41) is 6.84. The van der Waals surface area contributed by atoms with E-state index in [9.17, 15) is 4.79 Å². The molecule has 1 aromatic rings. The van der Waals surface area contributed by atoms with Crippen molar-refractivity contribution in [1.29, 1.82) is 0 Å². The predicted molar refractivity (Wildman–Crippen MR) is 75.6 cm³/mol. The first kappa shape index (κ1) is 13.3. The number of ether oxygens (including phenoxy) is 1. The number of nitrogens with one attached hydrogen (secondary N) is 1. The lowest BCUT2D eigenvalue weighted by Crippen LogP contribution is -2.37. The maximum Gasteiger partial charge on any atom is 0.410 e. The number of amides is 1. The van der Waals surface area contributed by atoms with E-state index in [1.54, 1.807) is 0 Å². The van der Waals surface area contributed by atoms with E-state index in [4.69, 9.17) is 4.74 Å². The number of hydrogen-bond donors (Lipinski definition) is 1. The Balaban J connectivity index is 1.57. The number of H-pyrrole nitrogens is 1. The molecular weight excluding hydrogens is 256 g/mol. The molecule has 0 spiro atoms. The van der Waals surface area contributed by atoms with Crippen LogP contribution in [0.5, 0.6) is 0 Å². The number of carbonyl (C=O) groups excluding carboxylic acids is 1. The largest absolute Gasteiger partial charge is 0.444 e. The average Bonchev–Trinajstić information content (AvgIpc) is 3.01. The summed E-state index contributed by atoms with van der Waals surface area (Å²) >= 11 is 0. The summed E-state index contributed by atoms with van der Waals surface area (Å²) < 4.78 is 5.44. The second kappa shape index (κ2) is 4.68. The van der Waals surface area contributed by atoms with Crippen molar-refractivity contribution in [3.8, 4) is 0 Å². The van der Waals surface area contributed by atoms with Gasteiger partial charge in [0.15, 0.2) is 0 Å². The van der Waals surface area contributed by atoms with E-state index >= 15 is 0 Å². The Kier molecular flexibility index (Phi) is 3.11. The molecular formula is C14H22N4O2. The van der Waals surface area contributed by atoms with Crippen molar-refractivity contribution in [2.75, 3.05) is 31.1 Å². The van der Waals surface area contributed by atoms with Gasteiger partial charge in [-0.25, -0.2) is 4.79 Å². The van der Waals surface area contributed by atoms with Crippen molar-refractivity contribution in [2.24, 2.45) is 11.8 Å². The lowest BCUT2D eigenvalue weighted by molar-refractivity contribution is 0.0282. The molecule has 0 aromatic carbocycles. The first-order valence-electron chi connectivity index (χ1n) is 7.14. The van der Waals surface area contributed by atoms with Crippen molar-refractivity contribution in [3.05, 3.63) is 12.4 Å². The van der Waals surface area contributed by atoms with Gasteiger partial charge >= 0.3 is 6.09 Å².